The minimum Gasteiger partial charge on any atom is -0.414 e. The average Bonchev–Trinajstić information content (AvgIpc) is 3.44. The summed E-state index contributed by atoms with van der Waals surface area (Å²) in [5.41, 5.74) is 0. The van der Waals surface area contributed by atoms with Crippen LogP contribution in [0.2, 0.25) is 0 Å². The molecule has 1 amide bonds. The third kappa shape index (κ3) is 4.93. The molecule has 0 radical (unpaired) electrons. The highest BCUT2D eigenvalue weighted by Gasteiger charge is 2.22. The van der Waals surface area contributed by atoms with Crippen LogP contribution in [0.5, 0.6) is 0 Å². The van der Waals surface area contributed by atoms with Crippen LogP contribution in [-0.2, 0) is 17.9 Å². The van der Waals surface area contributed by atoms with E-state index in [1.807, 2.05) is 4.90 Å². The summed E-state index contributed by atoms with van der Waals surface area (Å²) in [6.07, 6.45) is 3.03. The topological polar surface area (TPSA) is 93.2 Å². The van der Waals surface area contributed by atoms with E-state index >= 15 is 0 Å². The molecular formula is C16H19N7O2S2. The van der Waals surface area contributed by atoms with E-state index in [0.29, 0.717) is 23.4 Å². The number of nitrogens with zero attached hydrogens (tertiary/aromatic N) is 7. The fraction of sp³-hybridized carbons (Fsp3) is 0.438. The van der Waals surface area contributed by atoms with Crippen molar-refractivity contribution in [2.24, 2.45) is 0 Å². The van der Waals surface area contributed by atoms with Crippen molar-refractivity contribution >= 4 is 29.0 Å². The monoisotopic (exact) mass is 405 g/mol. The van der Waals surface area contributed by atoms with Gasteiger partial charge in [-0.15, -0.1) is 21.5 Å². The zero-order chi connectivity index (χ0) is 18.5. The van der Waals surface area contributed by atoms with Crippen molar-refractivity contribution in [3.8, 4) is 0 Å². The molecule has 3 aromatic rings. The number of thioether (sulfide) groups is 1. The molecule has 1 aliphatic rings. The number of carbonyl (C=O) groups excluding carboxylic acids is 1. The number of carbonyl (C=O) groups is 1. The Kier molecular flexibility index (Phi) is 5.80. The minimum atomic E-state index is 0.104. The van der Waals surface area contributed by atoms with E-state index in [0.717, 1.165) is 32.7 Å². The predicted octanol–water partition coefficient (Wildman–Crippen LogP) is 1.21. The Morgan fingerprint density at radius 3 is 2.85 bits per heavy atom. The Balaban J connectivity index is 1.20. The van der Waals surface area contributed by atoms with Gasteiger partial charge in [-0.1, -0.05) is 17.8 Å². The van der Waals surface area contributed by atoms with Gasteiger partial charge in [-0.25, -0.2) is 9.67 Å². The van der Waals surface area contributed by atoms with Gasteiger partial charge in [0, 0.05) is 37.6 Å². The number of amides is 1. The zero-order valence-corrected chi connectivity index (χ0v) is 16.2. The van der Waals surface area contributed by atoms with Gasteiger partial charge in [-0.3, -0.25) is 9.69 Å². The molecule has 4 rings (SSSR count). The highest BCUT2D eigenvalue weighted by Crippen LogP contribution is 2.18. The van der Waals surface area contributed by atoms with Crippen molar-refractivity contribution in [1.82, 2.24) is 34.8 Å². The lowest BCUT2D eigenvalue weighted by Crippen LogP contribution is -2.48. The van der Waals surface area contributed by atoms with Gasteiger partial charge in [-0.05, 0) is 11.4 Å². The quantitative estimate of drug-likeness (QED) is 0.542. The zero-order valence-electron chi connectivity index (χ0n) is 14.6. The van der Waals surface area contributed by atoms with Crippen molar-refractivity contribution in [2.45, 2.75) is 18.3 Å². The maximum atomic E-state index is 12.4. The van der Waals surface area contributed by atoms with Crippen LogP contribution in [0, 0.1) is 0 Å². The summed E-state index contributed by atoms with van der Waals surface area (Å²) in [6, 6.07) is 4.23. The van der Waals surface area contributed by atoms with Gasteiger partial charge < -0.3 is 9.32 Å². The van der Waals surface area contributed by atoms with Crippen molar-refractivity contribution in [1.29, 1.82) is 0 Å². The second kappa shape index (κ2) is 8.63. The molecule has 1 fully saturated rings. The first-order valence-corrected chi connectivity index (χ1v) is 10.4. The molecule has 142 valence electrons. The maximum Gasteiger partial charge on any atom is 0.277 e. The number of thiophene rings is 1. The SMILES string of the molecule is O=C(CSc1nnc(Cn2cncn2)o1)N1CCN(Cc2cccs2)CC1. The van der Waals surface area contributed by atoms with Crippen molar-refractivity contribution < 1.29 is 9.21 Å². The standard InChI is InChI=1S/C16H19N7O2S2/c24-15(22-5-3-21(4-6-22)8-13-2-1-7-26-13)10-27-16-20-19-14(25-16)9-23-12-17-11-18-23/h1-2,7,11-12H,3-6,8-10H2. The highest BCUT2D eigenvalue weighted by atomic mass is 32.2. The Morgan fingerprint density at radius 2 is 2.11 bits per heavy atom. The van der Waals surface area contributed by atoms with Crippen LogP contribution < -0.4 is 0 Å². The van der Waals surface area contributed by atoms with E-state index in [1.165, 1.54) is 23.0 Å². The molecule has 0 aliphatic carbocycles. The molecule has 1 aliphatic heterocycles. The molecule has 0 unspecified atom stereocenters. The third-order valence-corrected chi connectivity index (χ3v) is 5.88. The number of hydrogen-bond donors (Lipinski definition) is 0. The normalized spacial score (nSPS) is 15.3. The Hall–Kier alpha value is -2.24. The minimum absolute atomic E-state index is 0.104. The fourth-order valence-corrected chi connectivity index (χ4v) is 4.24. The fourth-order valence-electron chi connectivity index (χ4n) is 2.81. The van der Waals surface area contributed by atoms with Crippen LogP contribution in [-0.4, -0.2) is 72.6 Å². The lowest BCUT2D eigenvalue weighted by atomic mass is 10.3. The van der Waals surface area contributed by atoms with Gasteiger partial charge in [-0.2, -0.15) is 5.10 Å². The van der Waals surface area contributed by atoms with Gasteiger partial charge >= 0.3 is 0 Å². The molecule has 1 saturated heterocycles. The lowest BCUT2D eigenvalue weighted by molar-refractivity contribution is -0.130. The molecule has 3 aromatic heterocycles. The Bertz CT molecular complexity index is 842. The summed E-state index contributed by atoms with van der Waals surface area (Å²) >= 11 is 3.05. The molecule has 0 bridgehead atoms. The average molecular weight is 406 g/mol. The molecule has 4 heterocycles. The largest absolute Gasteiger partial charge is 0.414 e. The highest BCUT2D eigenvalue weighted by molar-refractivity contribution is 7.99. The van der Waals surface area contributed by atoms with Crippen LogP contribution in [0.1, 0.15) is 10.8 Å². The van der Waals surface area contributed by atoms with Crippen LogP contribution >= 0.6 is 23.1 Å². The van der Waals surface area contributed by atoms with E-state index in [9.17, 15) is 4.79 Å². The first-order valence-electron chi connectivity index (χ1n) is 8.56. The molecule has 11 heteroatoms. The van der Waals surface area contributed by atoms with Crippen LogP contribution in [0.25, 0.3) is 0 Å². The van der Waals surface area contributed by atoms with Crippen LogP contribution in [0.3, 0.4) is 0 Å². The summed E-state index contributed by atoms with van der Waals surface area (Å²) in [5, 5.41) is 14.4. The molecule has 0 N–H and O–H groups in total. The second-order valence-electron chi connectivity index (χ2n) is 6.08. The Labute approximate surface area is 164 Å². The third-order valence-electron chi connectivity index (χ3n) is 4.22. The molecule has 9 nitrogen and oxygen atoms in total. The number of piperazine rings is 1. The second-order valence-corrected chi connectivity index (χ2v) is 8.04. The molecular weight excluding hydrogens is 386 g/mol. The van der Waals surface area contributed by atoms with E-state index in [-0.39, 0.29) is 5.91 Å². The summed E-state index contributed by atoms with van der Waals surface area (Å²) in [7, 11) is 0. The van der Waals surface area contributed by atoms with Gasteiger partial charge in [0.25, 0.3) is 5.22 Å². The molecule has 0 aromatic carbocycles. The van der Waals surface area contributed by atoms with Gasteiger partial charge in [0.1, 0.15) is 19.2 Å². The van der Waals surface area contributed by atoms with Gasteiger partial charge in [0.2, 0.25) is 11.8 Å². The first-order chi connectivity index (χ1) is 13.3. The van der Waals surface area contributed by atoms with Crippen LogP contribution in [0.4, 0.5) is 0 Å². The van der Waals surface area contributed by atoms with Gasteiger partial charge in [0.05, 0.1) is 5.75 Å². The lowest BCUT2D eigenvalue weighted by Gasteiger charge is -2.34. The summed E-state index contributed by atoms with van der Waals surface area (Å²) < 4.78 is 7.14. The molecule has 0 atom stereocenters. The number of rotatable bonds is 7. The molecule has 0 saturated carbocycles. The smallest absolute Gasteiger partial charge is 0.277 e. The van der Waals surface area contributed by atoms with E-state index < -0.39 is 0 Å². The van der Waals surface area contributed by atoms with Crippen LogP contribution in [0.15, 0.2) is 39.8 Å². The van der Waals surface area contributed by atoms with E-state index in [2.05, 4.69) is 42.7 Å². The maximum absolute atomic E-state index is 12.4. The number of hydrogen-bond acceptors (Lipinski definition) is 9. The van der Waals surface area contributed by atoms with Gasteiger partial charge in [0.15, 0.2) is 0 Å². The number of aromatic nitrogens is 5. The summed E-state index contributed by atoms with van der Waals surface area (Å²) in [6.45, 7) is 4.64. The Morgan fingerprint density at radius 1 is 1.22 bits per heavy atom. The molecule has 27 heavy (non-hydrogen) atoms. The molecule has 0 spiro atoms. The van der Waals surface area contributed by atoms with E-state index in [1.54, 1.807) is 22.3 Å². The summed E-state index contributed by atoms with van der Waals surface area (Å²) in [4.78, 5) is 22.0. The van der Waals surface area contributed by atoms with Crippen molar-refractivity contribution in [3.05, 3.63) is 40.9 Å². The van der Waals surface area contributed by atoms with Crippen molar-refractivity contribution in [2.75, 3.05) is 31.9 Å². The first kappa shape index (κ1) is 18.1. The summed E-state index contributed by atoms with van der Waals surface area (Å²) in [5.74, 6) is 0.847. The van der Waals surface area contributed by atoms with Crippen molar-refractivity contribution in [3.63, 3.8) is 0 Å². The van der Waals surface area contributed by atoms with E-state index in [4.69, 9.17) is 4.42 Å². The predicted molar refractivity (Wildman–Crippen MR) is 100 cm³/mol.